The molecule has 2 unspecified atom stereocenters. The Labute approximate surface area is 200 Å². The van der Waals surface area contributed by atoms with Crippen LogP contribution in [0.2, 0.25) is 0 Å². The highest BCUT2D eigenvalue weighted by molar-refractivity contribution is 5.91. The van der Waals surface area contributed by atoms with Crippen LogP contribution >= 0.6 is 0 Å². The van der Waals surface area contributed by atoms with Crippen LogP contribution in [-0.2, 0) is 4.74 Å². The molecule has 10 nitrogen and oxygen atoms in total. The fourth-order valence-electron chi connectivity index (χ4n) is 2.95. The van der Waals surface area contributed by atoms with Crippen molar-refractivity contribution in [1.29, 1.82) is 0 Å². The quantitative estimate of drug-likeness (QED) is 0.174. The van der Waals surface area contributed by atoms with Crippen LogP contribution in [0.15, 0.2) is 60.7 Å². The van der Waals surface area contributed by atoms with Gasteiger partial charge in [0.2, 0.25) is 0 Å². The number of ether oxygens (including phenoxy) is 3. The summed E-state index contributed by atoms with van der Waals surface area (Å²) in [7, 11) is 0. The van der Waals surface area contributed by atoms with Crippen molar-refractivity contribution in [2.45, 2.75) is 12.2 Å². The smallest absolute Gasteiger partial charge is 0.338 e. The molecule has 0 saturated heterocycles. The first-order valence-corrected chi connectivity index (χ1v) is 10.6. The monoisotopic (exact) mass is 486 g/mol. The van der Waals surface area contributed by atoms with E-state index in [1.807, 2.05) is 24.3 Å². The van der Waals surface area contributed by atoms with Gasteiger partial charge in [-0.25, -0.2) is 4.79 Å². The summed E-state index contributed by atoms with van der Waals surface area (Å²) in [5.41, 5.74) is 1.64. The van der Waals surface area contributed by atoms with E-state index in [0.717, 1.165) is 23.3 Å². The van der Waals surface area contributed by atoms with Gasteiger partial charge in [-0.1, -0.05) is 24.3 Å². The van der Waals surface area contributed by atoms with E-state index in [2.05, 4.69) is 0 Å². The summed E-state index contributed by atoms with van der Waals surface area (Å²) in [6.45, 7) is -0.907. The highest BCUT2D eigenvalue weighted by Crippen LogP contribution is 2.35. The second-order valence-electron chi connectivity index (χ2n) is 7.62. The lowest BCUT2D eigenvalue weighted by Gasteiger charge is -2.14. The van der Waals surface area contributed by atoms with Crippen LogP contribution in [0.5, 0.6) is 28.7 Å². The molecule has 3 aromatic carbocycles. The van der Waals surface area contributed by atoms with Gasteiger partial charge in [-0.2, -0.15) is 0 Å². The van der Waals surface area contributed by atoms with E-state index in [-0.39, 0.29) is 32.0 Å². The first-order chi connectivity index (χ1) is 16.8. The van der Waals surface area contributed by atoms with Crippen molar-refractivity contribution in [2.75, 3.05) is 26.4 Å². The minimum atomic E-state index is -1.13. The van der Waals surface area contributed by atoms with Gasteiger partial charge in [0, 0.05) is 0 Å². The average molecular weight is 486 g/mol. The molecule has 0 saturated carbocycles. The van der Waals surface area contributed by atoms with Crippen LogP contribution < -0.4 is 9.47 Å². The van der Waals surface area contributed by atoms with Gasteiger partial charge in [0.25, 0.3) is 0 Å². The van der Waals surface area contributed by atoms with Gasteiger partial charge in [0.05, 0.1) is 12.2 Å². The van der Waals surface area contributed by atoms with E-state index in [4.69, 9.17) is 19.3 Å². The average Bonchev–Trinajstić information content (AvgIpc) is 2.88. The van der Waals surface area contributed by atoms with E-state index < -0.39 is 35.4 Å². The molecule has 3 aromatic rings. The predicted molar refractivity (Wildman–Crippen MR) is 124 cm³/mol. The number of phenols is 3. The van der Waals surface area contributed by atoms with E-state index in [9.17, 15) is 30.3 Å². The Morgan fingerprint density at radius 2 is 1.17 bits per heavy atom. The number of aliphatic hydroxyl groups excluding tert-OH is 3. The topological polar surface area (TPSA) is 166 Å². The Balaban J connectivity index is 1.46. The van der Waals surface area contributed by atoms with Crippen molar-refractivity contribution < 1.29 is 49.6 Å². The first kappa shape index (κ1) is 25.6. The fourth-order valence-corrected chi connectivity index (χ4v) is 2.95. The number of esters is 1. The van der Waals surface area contributed by atoms with Gasteiger partial charge in [0.1, 0.15) is 43.5 Å². The molecule has 10 heteroatoms. The molecule has 0 heterocycles. The molecule has 0 aliphatic carbocycles. The third-order valence-electron chi connectivity index (χ3n) is 4.85. The fraction of sp³-hybridized carbons (Fsp3) is 0.240. The number of rotatable bonds is 11. The summed E-state index contributed by atoms with van der Waals surface area (Å²) in [6.07, 6.45) is -2.06. The number of aliphatic hydroxyl groups is 3. The van der Waals surface area contributed by atoms with Crippen LogP contribution in [0.1, 0.15) is 10.4 Å². The molecule has 0 aromatic heterocycles. The Bertz CT molecular complexity index is 1090. The van der Waals surface area contributed by atoms with Crippen LogP contribution in [0.3, 0.4) is 0 Å². The normalized spacial score (nSPS) is 12.5. The van der Waals surface area contributed by atoms with E-state index >= 15 is 0 Å². The van der Waals surface area contributed by atoms with Gasteiger partial charge in [0.15, 0.2) is 17.2 Å². The third-order valence-corrected chi connectivity index (χ3v) is 4.85. The lowest BCUT2D eigenvalue weighted by atomic mass is 10.1. The van der Waals surface area contributed by atoms with Gasteiger partial charge in [-0.3, -0.25) is 0 Å². The molecule has 2 atom stereocenters. The van der Waals surface area contributed by atoms with Crippen molar-refractivity contribution in [3.63, 3.8) is 0 Å². The zero-order chi connectivity index (χ0) is 25.4. The summed E-state index contributed by atoms with van der Waals surface area (Å²) in [6, 6.07) is 16.2. The van der Waals surface area contributed by atoms with Gasteiger partial charge in [-0.05, 0) is 47.5 Å². The van der Waals surface area contributed by atoms with Crippen LogP contribution in [0.4, 0.5) is 0 Å². The Kier molecular flexibility index (Phi) is 8.74. The second kappa shape index (κ2) is 11.9. The number of carbonyl (C=O) groups is 1. The maximum atomic E-state index is 12.0. The maximum Gasteiger partial charge on any atom is 0.338 e. The molecule has 0 bridgehead atoms. The predicted octanol–water partition coefficient (Wildman–Crippen LogP) is 1.80. The van der Waals surface area contributed by atoms with Crippen LogP contribution in [0.25, 0.3) is 11.1 Å². The number of benzene rings is 3. The molecule has 0 aliphatic rings. The van der Waals surface area contributed by atoms with Gasteiger partial charge >= 0.3 is 5.97 Å². The summed E-state index contributed by atoms with van der Waals surface area (Å²) < 4.78 is 15.8. The lowest BCUT2D eigenvalue weighted by molar-refractivity contribution is 0.0130. The molecule has 35 heavy (non-hydrogen) atoms. The van der Waals surface area contributed by atoms with E-state index in [1.165, 1.54) is 0 Å². The van der Waals surface area contributed by atoms with Crippen LogP contribution in [0, 0.1) is 0 Å². The number of carbonyl (C=O) groups excluding carboxylic acids is 1. The lowest BCUT2D eigenvalue weighted by Crippen LogP contribution is -2.25. The number of aromatic hydroxyl groups is 3. The Morgan fingerprint density at radius 1 is 0.714 bits per heavy atom. The third kappa shape index (κ3) is 7.24. The zero-order valence-electron chi connectivity index (χ0n) is 18.6. The van der Waals surface area contributed by atoms with Gasteiger partial charge in [-0.15, -0.1) is 0 Å². The zero-order valence-corrected chi connectivity index (χ0v) is 18.6. The summed E-state index contributed by atoms with van der Waals surface area (Å²) in [4.78, 5) is 12.0. The molecule has 186 valence electrons. The molecule has 6 N–H and O–H groups in total. The Morgan fingerprint density at radius 3 is 1.63 bits per heavy atom. The van der Waals surface area contributed by atoms with Gasteiger partial charge < -0.3 is 44.8 Å². The van der Waals surface area contributed by atoms with Crippen molar-refractivity contribution >= 4 is 5.97 Å². The number of hydrogen-bond acceptors (Lipinski definition) is 10. The standard InChI is InChI=1S/C25H26O10/c26-11-18(27)12-33-20-5-1-15(2-6-20)16-3-7-21(8-4-16)34-13-19(28)14-35-25(32)17-9-22(29)24(31)23(30)10-17/h1-10,18-19,26-31H,11-14H2. The Hall–Kier alpha value is -3.99. The van der Waals surface area contributed by atoms with Crippen molar-refractivity contribution in [1.82, 2.24) is 0 Å². The van der Waals surface area contributed by atoms with Crippen molar-refractivity contribution in [3.8, 4) is 39.9 Å². The van der Waals surface area contributed by atoms with Crippen molar-refractivity contribution in [3.05, 3.63) is 66.2 Å². The second-order valence-corrected chi connectivity index (χ2v) is 7.62. The SMILES string of the molecule is O=C(OCC(O)COc1ccc(-c2ccc(OCC(O)CO)cc2)cc1)c1cc(O)c(O)c(O)c1. The summed E-state index contributed by atoms with van der Waals surface area (Å²) in [5.74, 6) is -1.94. The van der Waals surface area contributed by atoms with Crippen molar-refractivity contribution in [2.24, 2.45) is 0 Å². The minimum absolute atomic E-state index is 0.00305. The first-order valence-electron chi connectivity index (χ1n) is 10.6. The highest BCUT2D eigenvalue weighted by atomic mass is 16.5. The number of phenolic OH excluding ortho intramolecular Hbond substituents is 3. The number of hydrogen-bond donors (Lipinski definition) is 6. The molecule has 0 aliphatic heterocycles. The molecule has 0 radical (unpaired) electrons. The molecular weight excluding hydrogens is 460 g/mol. The molecular formula is C25H26O10. The van der Waals surface area contributed by atoms with Crippen LogP contribution in [-0.4, -0.2) is 75.2 Å². The largest absolute Gasteiger partial charge is 0.504 e. The van der Waals surface area contributed by atoms with E-state index in [1.54, 1.807) is 24.3 Å². The molecule has 0 spiro atoms. The minimum Gasteiger partial charge on any atom is -0.504 e. The molecule has 0 fully saturated rings. The molecule has 3 rings (SSSR count). The highest BCUT2D eigenvalue weighted by Gasteiger charge is 2.16. The maximum absolute atomic E-state index is 12.0. The molecule has 0 amide bonds. The summed E-state index contributed by atoms with van der Waals surface area (Å²) in [5, 5.41) is 56.4. The summed E-state index contributed by atoms with van der Waals surface area (Å²) >= 11 is 0. The van der Waals surface area contributed by atoms with E-state index in [0.29, 0.717) is 11.5 Å².